The Morgan fingerprint density at radius 2 is 1.65 bits per heavy atom. The molecule has 174 valence electrons. The monoisotopic (exact) mass is 476 g/mol. The summed E-state index contributed by atoms with van der Waals surface area (Å²) < 4.78 is 13.3. The van der Waals surface area contributed by atoms with E-state index in [0.29, 0.717) is 46.4 Å². The van der Waals surface area contributed by atoms with Gasteiger partial charge < -0.3 is 10.6 Å². The van der Waals surface area contributed by atoms with Gasteiger partial charge in [0.05, 0.1) is 5.52 Å². The van der Waals surface area contributed by atoms with Crippen LogP contribution >= 0.6 is 11.6 Å². The first-order chi connectivity index (χ1) is 16.2. The van der Waals surface area contributed by atoms with Gasteiger partial charge in [-0.3, -0.25) is 4.79 Å². The maximum atomic E-state index is 13.3. The number of benzene rings is 3. The van der Waals surface area contributed by atoms with E-state index in [1.54, 1.807) is 24.3 Å². The van der Waals surface area contributed by atoms with Crippen LogP contribution in [0.5, 0.6) is 0 Å². The Bertz CT molecular complexity index is 1320. The minimum Gasteiger partial charge on any atom is -0.368 e. The maximum Gasteiger partial charge on any atom is 0.251 e. The van der Waals surface area contributed by atoms with Crippen LogP contribution in [0.3, 0.4) is 0 Å². The highest BCUT2D eigenvalue weighted by Gasteiger charge is 2.14. The van der Waals surface area contributed by atoms with Gasteiger partial charge in [-0.15, -0.1) is 0 Å². The number of hydrogen-bond acceptors (Lipinski definition) is 4. The Labute approximate surface area is 203 Å². The number of carbonyl (C=O) groups is 1. The highest BCUT2D eigenvalue weighted by Crippen LogP contribution is 2.27. The van der Waals surface area contributed by atoms with Crippen molar-refractivity contribution in [3.05, 3.63) is 88.7 Å². The fourth-order valence-corrected chi connectivity index (χ4v) is 3.71. The van der Waals surface area contributed by atoms with E-state index in [1.165, 1.54) is 17.7 Å². The lowest BCUT2D eigenvalue weighted by Crippen LogP contribution is -2.29. The largest absolute Gasteiger partial charge is 0.368 e. The highest BCUT2D eigenvalue weighted by atomic mass is 35.5. The number of anilines is 1. The molecule has 0 fully saturated rings. The zero-order chi connectivity index (χ0) is 24.3. The van der Waals surface area contributed by atoms with E-state index in [-0.39, 0.29) is 17.1 Å². The molecule has 0 aliphatic heterocycles. The van der Waals surface area contributed by atoms with Gasteiger partial charge in [0, 0.05) is 34.6 Å². The van der Waals surface area contributed by atoms with Crippen LogP contribution in [0, 0.1) is 5.82 Å². The molecule has 5 nitrogen and oxygen atoms in total. The van der Waals surface area contributed by atoms with Crippen molar-refractivity contribution in [2.75, 3.05) is 18.4 Å². The van der Waals surface area contributed by atoms with Gasteiger partial charge in [-0.1, -0.05) is 44.5 Å². The van der Waals surface area contributed by atoms with Crippen molar-refractivity contribution in [2.45, 2.75) is 26.2 Å². The molecule has 4 rings (SSSR count). The third kappa shape index (κ3) is 5.51. The van der Waals surface area contributed by atoms with E-state index < -0.39 is 0 Å². The second-order valence-electron chi connectivity index (χ2n) is 9.07. The molecule has 1 amide bonds. The number of rotatable bonds is 6. The number of amides is 1. The minimum atomic E-state index is -0.324. The van der Waals surface area contributed by atoms with Crippen LogP contribution in [0.15, 0.2) is 66.7 Å². The lowest BCUT2D eigenvalue weighted by molar-refractivity contribution is 0.0955. The topological polar surface area (TPSA) is 66.9 Å². The van der Waals surface area contributed by atoms with Gasteiger partial charge in [0.1, 0.15) is 11.6 Å². The van der Waals surface area contributed by atoms with E-state index in [4.69, 9.17) is 11.6 Å². The summed E-state index contributed by atoms with van der Waals surface area (Å²) in [4.78, 5) is 21.8. The van der Waals surface area contributed by atoms with Crippen molar-refractivity contribution in [3.63, 3.8) is 0 Å². The van der Waals surface area contributed by atoms with Gasteiger partial charge >= 0.3 is 0 Å². The minimum absolute atomic E-state index is 0.0379. The molecular weight excluding hydrogens is 451 g/mol. The summed E-state index contributed by atoms with van der Waals surface area (Å²) in [5.74, 6) is 0.619. The van der Waals surface area contributed by atoms with Crippen LogP contribution < -0.4 is 10.6 Å². The SMILES string of the molecule is CC(C)(C)c1ccc(C(=O)NCCNc2nc(-c3ccc(F)cc3)nc3cc(Cl)ccc23)cc1. The Balaban J connectivity index is 1.46. The molecule has 0 bridgehead atoms. The number of nitrogens with one attached hydrogen (secondary N) is 2. The summed E-state index contributed by atoms with van der Waals surface area (Å²) in [6, 6.07) is 19.1. The first kappa shape index (κ1) is 23.6. The summed E-state index contributed by atoms with van der Waals surface area (Å²) in [6.45, 7) is 7.29. The van der Waals surface area contributed by atoms with Crippen LogP contribution in [0.25, 0.3) is 22.3 Å². The lowest BCUT2D eigenvalue weighted by atomic mass is 9.87. The van der Waals surface area contributed by atoms with Crippen LogP contribution in [-0.2, 0) is 5.41 Å². The van der Waals surface area contributed by atoms with Crippen LogP contribution in [0.2, 0.25) is 5.02 Å². The molecule has 0 radical (unpaired) electrons. The van der Waals surface area contributed by atoms with E-state index in [1.807, 2.05) is 30.3 Å². The average Bonchev–Trinajstić information content (AvgIpc) is 2.81. The fourth-order valence-electron chi connectivity index (χ4n) is 3.55. The second-order valence-corrected chi connectivity index (χ2v) is 9.51. The Kier molecular flexibility index (Phi) is 6.80. The number of nitrogens with zero attached hydrogens (tertiary/aromatic N) is 2. The van der Waals surface area contributed by atoms with E-state index >= 15 is 0 Å². The number of halogens is 2. The summed E-state index contributed by atoms with van der Waals surface area (Å²) in [7, 11) is 0. The predicted octanol–water partition coefficient (Wildman–Crippen LogP) is 6.23. The van der Waals surface area contributed by atoms with Gasteiger partial charge in [-0.05, 0) is 65.6 Å². The lowest BCUT2D eigenvalue weighted by Gasteiger charge is -2.19. The molecule has 0 aliphatic rings. The zero-order valence-corrected chi connectivity index (χ0v) is 20.1. The third-order valence-electron chi connectivity index (χ3n) is 5.48. The summed E-state index contributed by atoms with van der Waals surface area (Å²) >= 11 is 6.17. The molecule has 1 aromatic heterocycles. The first-order valence-electron chi connectivity index (χ1n) is 11.1. The average molecular weight is 477 g/mol. The quantitative estimate of drug-likeness (QED) is 0.324. The molecule has 2 N–H and O–H groups in total. The second kappa shape index (κ2) is 9.77. The number of aromatic nitrogens is 2. The van der Waals surface area contributed by atoms with Crippen molar-refractivity contribution in [1.82, 2.24) is 15.3 Å². The van der Waals surface area contributed by atoms with Gasteiger partial charge in [-0.25, -0.2) is 14.4 Å². The van der Waals surface area contributed by atoms with Gasteiger partial charge in [-0.2, -0.15) is 0 Å². The van der Waals surface area contributed by atoms with Crippen molar-refractivity contribution in [2.24, 2.45) is 0 Å². The molecule has 0 saturated heterocycles. The highest BCUT2D eigenvalue weighted by molar-refractivity contribution is 6.31. The maximum absolute atomic E-state index is 13.3. The number of carbonyl (C=O) groups excluding carboxylic acids is 1. The van der Waals surface area contributed by atoms with Crippen molar-refractivity contribution in [3.8, 4) is 11.4 Å². The Morgan fingerprint density at radius 1 is 0.941 bits per heavy atom. The van der Waals surface area contributed by atoms with Crippen LogP contribution in [0.4, 0.5) is 10.2 Å². The fraction of sp³-hybridized carbons (Fsp3) is 0.222. The first-order valence-corrected chi connectivity index (χ1v) is 11.4. The van der Waals surface area contributed by atoms with Crippen LogP contribution in [0.1, 0.15) is 36.7 Å². The van der Waals surface area contributed by atoms with E-state index in [2.05, 4.69) is 41.4 Å². The molecular formula is C27H26ClFN4O. The standard InChI is InChI=1S/C27H26ClFN4O/c1-27(2,3)19-8-4-18(5-9-19)26(34)31-15-14-30-25-22-13-10-20(28)16-23(22)32-24(33-25)17-6-11-21(29)12-7-17/h4-13,16H,14-15H2,1-3H3,(H,31,34)(H,30,32,33). The van der Waals surface area contributed by atoms with Crippen LogP contribution in [-0.4, -0.2) is 29.0 Å². The Morgan fingerprint density at radius 3 is 2.32 bits per heavy atom. The van der Waals surface area contributed by atoms with Gasteiger partial charge in [0.15, 0.2) is 5.82 Å². The zero-order valence-electron chi connectivity index (χ0n) is 19.3. The molecule has 34 heavy (non-hydrogen) atoms. The summed E-state index contributed by atoms with van der Waals surface area (Å²) in [5.41, 5.74) is 3.20. The molecule has 4 aromatic rings. The van der Waals surface area contributed by atoms with E-state index in [0.717, 1.165) is 5.39 Å². The van der Waals surface area contributed by atoms with Crippen molar-refractivity contribution >= 4 is 34.2 Å². The molecule has 0 spiro atoms. The smallest absolute Gasteiger partial charge is 0.251 e. The molecule has 7 heteroatoms. The molecule has 1 heterocycles. The third-order valence-corrected chi connectivity index (χ3v) is 5.71. The molecule has 3 aromatic carbocycles. The molecule has 0 aliphatic carbocycles. The van der Waals surface area contributed by atoms with E-state index in [9.17, 15) is 9.18 Å². The number of fused-ring (bicyclic) bond motifs is 1. The number of hydrogen-bond donors (Lipinski definition) is 2. The molecule has 0 unspecified atom stereocenters. The van der Waals surface area contributed by atoms with Crippen molar-refractivity contribution < 1.29 is 9.18 Å². The summed E-state index contributed by atoms with van der Waals surface area (Å²) in [6.07, 6.45) is 0. The Hall–Kier alpha value is -3.51. The van der Waals surface area contributed by atoms with Crippen molar-refractivity contribution in [1.29, 1.82) is 0 Å². The predicted molar refractivity (Wildman–Crippen MR) is 136 cm³/mol. The summed E-state index contributed by atoms with van der Waals surface area (Å²) in [5, 5.41) is 7.58. The normalized spacial score (nSPS) is 11.4. The molecule has 0 atom stereocenters. The van der Waals surface area contributed by atoms with Gasteiger partial charge in [0.2, 0.25) is 0 Å². The van der Waals surface area contributed by atoms with Gasteiger partial charge in [0.25, 0.3) is 5.91 Å². The molecule has 0 saturated carbocycles.